The SMILES string of the molecule is CC(=O)N(c1nc(/C=N\n2cn[nH]c2=S)cs1)c1ccccc1F. The molecule has 3 aromatic rings. The van der Waals surface area contributed by atoms with Gasteiger partial charge in [0.05, 0.1) is 17.6 Å². The van der Waals surface area contributed by atoms with Crippen LogP contribution in [0.2, 0.25) is 0 Å². The first kappa shape index (κ1) is 16.1. The smallest absolute Gasteiger partial charge is 0.230 e. The van der Waals surface area contributed by atoms with Gasteiger partial charge in [0, 0.05) is 12.3 Å². The summed E-state index contributed by atoms with van der Waals surface area (Å²) in [6.07, 6.45) is 2.90. The predicted molar refractivity (Wildman–Crippen MR) is 91.7 cm³/mol. The maximum atomic E-state index is 14.0. The Labute approximate surface area is 145 Å². The monoisotopic (exact) mass is 362 g/mol. The number of halogens is 1. The molecule has 1 N–H and O–H groups in total. The van der Waals surface area contributed by atoms with Gasteiger partial charge in [0.1, 0.15) is 12.1 Å². The number of hydrogen-bond donors (Lipinski definition) is 1. The Hall–Kier alpha value is -2.72. The molecule has 0 aliphatic rings. The van der Waals surface area contributed by atoms with E-state index in [1.807, 2.05) is 0 Å². The predicted octanol–water partition coefficient (Wildman–Crippen LogP) is 3.10. The summed E-state index contributed by atoms with van der Waals surface area (Å²) in [5, 5.41) is 12.5. The van der Waals surface area contributed by atoms with E-state index in [0.29, 0.717) is 15.6 Å². The molecule has 1 aromatic carbocycles. The van der Waals surface area contributed by atoms with Crippen LogP contribution in [0.15, 0.2) is 41.1 Å². The Morgan fingerprint density at radius 2 is 2.29 bits per heavy atom. The van der Waals surface area contributed by atoms with Crippen molar-refractivity contribution in [3.05, 3.63) is 52.3 Å². The van der Waals surface area contributed by atoms with E-state index in [1.54, 1.807) is 17.5 Å². The molecule has 0 aliphatic carbocycles. The number of H-pyrrole nitrogens is 1. The average molecular weight is 362 g/mol. The molecule has 0 saturated heterocycles. The van der Waals surface area contributed by atoms with E-state index >= 15 is 0 Å². The van der Waals surface area contributed by atoms with Crippen molar-refractivity contribution in [1.29, 1.82) is 0 Å². The van der Waals surface area contributed by atoms with E-state index in [-0.39, 0.29) is 11.6 Å². The summed E-state index contributed by atoms with van der Waals surface area (Å²) in [4.78, 5) is 17.5. The first-order valence-corrected chi connectivity index (χ1v) is 8.02. The van der Waals surface area contributed by atoms with E-state index in [0.717, 1.165) is 0 Å². The summed E-state index contributed by atoms with van der Waals surface area (Å²) in [5.41, 5.74) is 0.667. The van der Waals surface area contributed by atoms with Crippen LogP contribution in [-0.2, 0) is 4.79 Å². The van der Waals surface area contributed by atoms with Crippen molar-refractivity contribution >= 4 is 46.5 Å². The van der Waals surface area contributed by atoms with Gasteiger partial charge in [-0.2, -0.15) is 14.9 Å². The number of rotatable bonds is 4. The summed E-state index contributed by atoms with van der Waals surface area (Å²) in [7, 11) is 0. The molecule has 2 aromatic heterocycles. The van der Waals surface area contributed by atoms with Crippen LogP contribution in [0.1, 0.15) is 12.6 Å². The van der Waals surface area contributed by atoms with Crippen molar-refractivity contribution in [2.75, 3.05) is 4.90 Å². The molecule has 0 saturated carbocycles. The maximum Gasteiger partial charge on any atom is 0.230 e. The highest BCUT2D eigenvalue weighted by Gasteiger charge is 2.20. The Kier molecular flexibility index (Phi) is 4.58. The third-order valence-corrected chi connectivity index (χ3v) is 4.08. The lowest BCUT2D eigenvalue weighted by molar-refractivity contribution is -0.115. The standard InChI is InChI=1S/C14H11FN6OS2/c1-9(22)21(12-5-3-2-4-11(12)15)14-18-10(7-24-14)6-17-20-8-16-19-13(20)23/h2-8H,1H3,(H,19,23)/b17-6-. The van der Waals surface area contributed by atoms with Crippen molar-refractivity contribution in [3.8, 4) is 0 Å². The lowest BCUT2D eigenvalue weighted by atomic mass is 10.3. The van der Waals surface area contributed by atoms with Crippen LogP contribution < -0.4 is 4.90 Å². The molecule has 0 atom stereocenters. The Morgan fingerprint density at radius 3 is 2.96 bits per heavy atom. The summed E-state index contributed by atoms with van der Waals surface area (Å²) in [6, 6.07) is 6.04. The molecule has 0 fully saturated rings. The largest absolute Gasteiger partial charge is 0.274 e. The molecule has 0 bridgehead atoms. The van der Waals surface area contributed by atoms with Crippen LogP contribution in [0, 0.1) is 10.6 Å². The highest BCUT2D eigenvalue weighted by atomic mass is 32.1. The van der Waals surface area contributed by atoms with Crippen molar-refractivity contribution in [2.45, 2.75) is 6.92 Å². The molecule has 0 unspecified atom stereocenters. The number of aromatic nitrogens is 4. The Balaban J connectivity index is 1.92. The topological polar surface area (TPSA) is 79.2 Å². The van der Waals surface area contributed by atoms with Gasteiger partial charge in [-0.3, -0.25) is 14.8 Å². The number of amides is 1. The number of anilines is 2. The van der Waals surface area contributed by atoms with Crippen molar-refractivity contribution in [3.63, 3.8) is 0 Å². The van der Waals surface area contributed by atoms with E-state index < -0.39 is 5.82 Å². The third-order valence-electron chi connectivity index (χ3n) is 2.96. The zero-order chi connectivity index (χ0) is 17.1. The van der Waals surface area contributed by atoms with E-state index in [1.165, 1.54) is 52.5 Å². The summed E-state index contributed by atoms with van der Waals surface area (Å²) in [5.74, 6) is -0.835. The molecule has 0 spiro atoms. The third kappa shape index (κ3) is 3.29. The second-order valence-corrected chi connectivity index (χ2v) is 5.83. The minimum Gasteiger partial charge on any atom is -0.274 e. The minimum atomic E-state index is -0.497. The number of carbonyl (C=O) groups is 1. The fourth-order valence-corrected chi connectivity index (χ4v) is 2.90. The minimum absolute atomic E-state index is 0.153. The number of nitrogens with zero attached hydrogens (tertiary/aromatic N) is 5. The van der Waals surface area contributed by atoms with E-state index in [4.69, 9.17) is 12.2 Å². The van der Waals surface area contributed by atoms with Gasteiger partial charge in [0.15, 0.2) is 5.13 Å². The molecule has 1 amide bonds. The fraction of sp³-hybridized carbons (Fsp3) is 0.0714. The second kappa shape index (κ2) is 6.81. The lowest BCUT2D eigenvalue weighted by Gasteiger charge is -2.18. The number of para-hydroxylation sites is 1. The molecule has 122 valence electrons. The van der Waals surface area contributed by atoms with Gasteiger partial charge >= 0.3 is 0 Å². The Bertz CT molecular complexity index is 960. The molecule has 10 heteroatoms. The van der Waals surface area contributed by atoms with Gasteiger partial charge in [-0.15, -0.1) is 11.3 Å². The van der Waals surface area contributed by atoms with E-state index in [2.05, 4.69) is 20.3 Å². The van der Waals surface area contributed by atoms with E-state index in [9.17, 15) is 9.18 Å². The van der Waals surface area contributed by atoms with Gasteiger partial charge in [-0.1, -0.05) is 12.1 Å². The zero-order valence-electron chi connectivity index (χ0n) is 12.4. The van der Waals surface area contributed by atoms with Crippen molar-refractivity contribution in [2.24, 2.45) is 5.10 Å². The second-order valence-electron chi connectivity index (χ2n) is 4.61. The molecule has 7 nitrogen and oxygen atoms in total. The van der Waals surface area contributed by atoms with Crippen LogP contribution in [0.5, 0.6) is 0 Å². The molecular formula is C14H11FN6OS2. The van der Waals surface area contributed by atoms with Gasteiger partial charge < -0.3 is 0 Å². The molecular weight excluding hydrogens is 351 g/mol. The molecule has 0 aliphatic heterocycles. The first-order chi connectivity index (χ1) is 11.6. The van der Waals surface area contributed by atoms with Crippen molar-refractivity contribution < 1.29 is 9.18 Å². The van der Waals surface area contributed by atoms with Crippen LogP contribution >= 0.6 is 23.6 Å². The number of nitrogens with one attached hydrogen (secondary N) is 1. The van der Waals surface area contributed by atoms with Crippen LogP contribution in [0.3, 0.4) is 0 Å². The number of thiazole rings is 1. The maximum absolute atomic E-state index is 14.0. The number of carbonyl (C=O) groups excluding carboxylic acids is 1. The van der Waals surface area contributed by atoms with Gasteiger partial charge in [-0.05, 0) is 24.4 Å². The number of hydrogen-bond acceptors (Lipinski definition) is 6. The summed E-state index contributed by atoms with van der Waals surface area (Å²) < 4.78 is 15.7. The van der Waals surface area contributed by atoms with Crippen LogP contribution in [0.4, 0.5) is 15.2 Å². The summed E-state index contributed by atoms with van der Waals surface area (Å²) >= 11 is 6.19. The van der Waals surface area contributed by atoms with Crippen molar-refractivity contribution in [1.82, 2.24) is 19.9 Å². The molecule has 2 heterocycles. The molecule has 0 radical (unpaired) electrons. The van der Waals surface area contributed by atoms with Gasteiger partial charge in [-0.25, -0.2) is 9.37 Å². The lowest BCUT2D eigenvalue weighted by Crippen LogP contribution is -2.23. The highest BCUT2D eigenvalue weighted by molar-refractivity contribution is 7.71. The molecule has 3 rings (SSSR count). The first-order valence-electron chi connectivity index (χ1n) is 6.73. The van der Waals surface area contributed by atoms with Gasteiger partial charge in [0.25, 0.3) is 0 Å². The quantitative estimate of drug-likeness (QED) is 0.571. The molecule has 24 heavy (non-hydrogen) atoms. The van der Waals surface area contributed by atoms with Crippen LogP contribution in [0.25, 0.3) is 0 Å². The Morgan fingerprint density at radius 1 is 1.50 bits per heavy atom. The average Bonchev–Trinajstić information content (AvgIpc) is 3.16. The normalized spacial score (nSPS) is 11.1. The van der Waals surface area contributed by atoms with Crippen LogP contribution in [-0.4, -0.2) is 32.0 Å². The number of benzene rings is 1. The highest BCUT2D eigenvalue weighted by Crippen LogP contribution is 2.30. The summed E-state index contributed by atoms with van der Waals surface area (Å²) in [6.45, 7) is 1.35. The fourth-order valence-electron chi connectivity index (χ4n) is 1.92. The number of aromatic amines is 1. The van der Waals surface area contributed by atoms with Gasteiger partial charge in [0.2, 0.25) is 10.7 Å². The zero-order valence-corrected chi connectivity index (χ0v) is 14.0.